The number of hydrogen-bond acceptors (Lipinski definition) is 9. The van der Waals surface area contributed by atoms with Crippen molar-refractivity contribution in [3.05, 3.63) is 35.9 Å². The molecule has 1 fully saturated rings. The van der Waals surface area contributed by atoms with Crippen LogP contribution in [0.5, 0.6) is 0 Å². The van der Waals surface area contributed by atoms with Crippen molar-refractivity contribution >= 4 is 23.7 Å². The number of aliphatic hydroxyl groups excluding tert-OH is 3. The molecule has 7 N–H and O–H groups in total. The second-order valence-electron chi connectivity index (χ2n) is 20.1. The van der Waals surface area contributed by atoms with E-state index in [1.807, 2.05) is 0 Å². The lowest BCUT2D eigenvalue weighted by molar-refractivity contribution is -0.312. The minimum Gasteiger partial charge on any atom is -0.481 e. The van der Waals surface area contributed by atoms with E-state index >= 15 is 0 Å². The van der Waals surface area contributed by atoms with Crippen molar-refractivity contribution in [2.45, 2.75) is 281 Å². The number of nitrogens with one attached hydrogen (secondary N) is 2. The first kappa shape index (κ1) is 62.0. The fourth-order valence-electron chi connectivity index (χ4n) is 9.56. The van der Waals surface area contributed by atoms with E-state index in [-0.39, 0.29) is 44.6 Å². The predicted molar refractivity (Wildman–Crippen MR) is 275 cm³/mol. The predicted octanol–water partition coefficient (Wildman–Crippen LogP) is 10.6. The number of carboxylic acid groups (broad SMARTS) is 1. The minimum atomic E-state index is -2.75. The Morgan fingerprint density at radius 1 is 0.609 bits per heavy atom. The third-order valence-corrected chi connectivity index (χ3v) is 13.9. The van der Waals surface area contributed by atoms with Crippen LogP contribution in [0.3, 0.4) is 0 Å². The number of amides is 3. The highest BCUT2D eigenvalue weighted by Crippen LogP contribution is 2.32. The molecule has 0 saturated carbocycles. The van der Waals surface area contributed by atoms with E-state index in [4.69, 9.17) is 9.84 Å². The number of carbonyl (C=O) groups excluding carboxylic acids is 3. The molecule has 0 bridgehead atoms. The van der Waals surface area contributed by atoms with Crippen molar-refractivity contribution in [1.82, 2.24) is 15.5 Å². The summed E-state index contributed by atoms with van der Waals surface area (Å²) >= 11 is 0. The van der Waals surface area contributed by atoms with Gasteiger partial charge in [0.25, 0.3) is 0 Å². The normalized spacial score (nSPS) is 19.6. The van der Waals surface area contributed by atoms with E-state index in [1.165, 1.54) is 140 Å². The van der Waals surface area contributed by atoms with Crippen LogP contribution in [0.1, 0.15) is 244 Å². The Bertz CT molecular complexity index is 1470. The lowest BCUT2D eigenvalue weighted by Gasteiger charge is -2.51. The zero-order chi connectivity index (χ0) is 50.4. The molecule has 1 heterocycles. The second-order valence-corrected chi connectivity index (χ2v) is 20.1. The molecule has 13 nitrogen and oxygen atoms in total. The third kappa shape index (κ3) is 27.3. The summed E-state index contributed by atoms with van der Waals surface area (Å²) in [7, 11) is 0. The third-order valence-electron chi connectivity index (χ3n) is 13.9. The van der Waals surface area contributed by atoms with Crippen LogP contribution in [-0.2, 0) is 30.3 Å². The van der Waals surface area contributed by atoms with E-state index in [1.54, 1.807) is 30.3 Å². The topological polar surface area (TPSA) is 206 Å². The summed E-state index contributed by atoms with van der Waals surface area (Å²) in [5, 5.41) is 59.6. The Labute approximate surface area is 417 Å². The van der Waals surface area contributed by atoms with Crippen LogP contribution in [0.4, 0.5) is 0 Å². The number of rotatable bonds is 44. The average Bonchev–Trinajstić information content (AvgIpc) is 3.33. The minimum absolute atomic E-state index is 0.0160. The van der Waals surface area contributed by atoms with Gasteiger partial charge >= 0.3 is 5.97 Å². The van der Waals surface area contributed by atoms with Crippen molar-refractivity contribution in [2.24, 2.45) is 0 Å². The van der Waals surface area contributed by atoms with Crippen molar-refractivity contribution < 1.29 is 49.4 Å². The Morgan fingerprint density at radius 2 is 1.04 bits per heavy atom. The zero-order valence-corrected chi connectivity index (χ0v) is 43.4. The molecule has 1 aromatic rings. The fraction of sp³-hybridized carbons (Fsp3) is 0.821. The fourth-order valence-corrected chi connectivity index (χ4v) is 9.56. The van der Waals surface area contributed by atoms with Crippen LogP contribution < -0.4 is 10.6 Å². The molecule has 1 aliphatic heterocycles. The quantitative estimate of drug-likeness (QED) is 0.0243. The Hall–Kier alpha value is -3.10. The molecule has 398 valence electrons. The van der Waals surface area contributed by atoms with Gasteiger partial charge in [-0.2, -0.15) is 0 Å². The van der Waals surface area contributed by atoms with Crippen molar-refractivity contribution in [3.63, 3.8) is 0 Å². The number of benzene rings is 1. The molecule has 6 atom stereocenters. The van der Waals surface area contributed by atoms with Crippen LogP contribution >= 0.6 is 0 Å². The highest BCUT2D eigenvalue weighted by atomic mass is 16.6. The van der Waals surface area contributed by atoms with Crippen LogP contribution in [0.25, 0.3) is 0 Å². The van der Waals surface area contributed by atoms with E-state index in [9.17, 15) is 39.6 Å². The maximum absolute atomic E-state index is 14.3. The number of unbranched alkanes of at least 4 members (excludes halogenated alkanes) is 29. The summed E-state index contributed by atoms with van der Waals surface area (Å²) in [6, 6.07) is 7.58. The largest absolute Gasteiger partial charge is 0.481 e. The average molecular weight is 974 g/mol. The Kier molecular flexibility index (Phi) is 35.5. The van der Waals surface area contributed by atoms with Crippen LogP contribution in [0.15, 0.2) is 30.3 Å². The number of aliphatic hydroxyl groups is 4. The summed E-state index contributed by atoms with van der Waals surface area (Å²) in [4.78, 5) is 54.0. The molecule has 1 aliphatic rings. The number of hydrogen-bond donors (Lipinski definition) is 7. The van der Waals surface area contributed by atoms with Gasteiger partial charge in [0.05, 0.1) is 6.61 Å². The van der Waals surface area contributed by atoms with Gasteiger partial charge < -0.3 is 45.8 Å². The summed E-state index contributed by atoms with van der Waals surface area (Å²) in [5.41, 5.74) is -2.07. The van der Waals surface area contributed by atoms with E-state index in [0.29, 0.717) is 18.4 Å². The maximum atomic E-state index is 14.3. The molecule has 13 heteroatoms. The summed E-state index contributed by atoms with van der Waals surface area (Å²) in [6.07, 6.45) is 29.4. The molecule has 1 aromatic carbocycles. The maximum Gasteiger partial charge on any atom is 0.303 e. The molecule has 0 unspecified atom stereocenters. The highest BCUT2D eigenvalue weighted by Gasteiger charge is 2.58. The van der Waals surface area contributed by atoms with Gasteiger partial charge in [-0.1, -0.05) is 230 Å². The Morgan fingerprint density at radius 3 is 1.48 bits per heavy atom. The first-order valence-corrected chi connectivity index (χ1v) is 28.0. The van der Waals surface area contributed by atoms with Crippen molar-refractivity contribution in [2.75, 3.05) is 13.2 Å². The van der Waals surface area contributed by atoms with Crippen molar-refractivity contribution in [3.8, 4) is 0 Å². The number of nitrogens with zero attached hydrogens (tertiary/aromatic N) is 1. The second kappa shape index (κ2) is 39.5. The molecule has 0 radical (unpaired) electrons. The summed E-state index contributed by atoms with van der Waals surface area (Å²) in [6.45, 7) is 3.92. The zero-order valence-electron chi connectivity index (χ0n) is 43.4. The lowest BCUT2D eigenvalue weighted by Crippen LogP contribution is -2.78. The van der Waals surface area contributed by atoms with Crippen LogP contribution in [0.2, 0.25) is 0 Å². The summed E-state index contributed by atoms with van der Waals surface area (Å²) < 4.78 is 6.12. The molecule has 0 aliphatic carbocycles. The molecule has 1 saturated heterocycles. The highest BCUT2D eigenvalue weighted by molar-refractivity contribution is 5.88. The van der Waals surface area contributed by atoms with Gasteiger partial charge in [0.15, 0.2) is 6.23 Å². The SMILES string of the molecule is CCCCCCCCCCCCCCCCCCN(C(=O)CCCCCCCCCCCCCCCCC)[C@@H]1O[C@H](CO)[C@@H](O)[C@H](O)[C@]1(O)NC(=O)[C@H](Cc1ccccc1)NC(=O)CCCC(=O)O. The number of carbonyl (C=O) groups is 4. The monoisotopic (exact) mass is 974 g/mol. The van der Waals surface area contributed by atoms with E-state index < -0.39 is 60.7 Å². The molecular weight excluding hydrogens is 875 g/mol. The molecule has 3 amide bonds. The molecular formula is C56H99N3O10. The van der Waals surface area contributed by atoms with Gasteiger partial charge in [-0.15, -0.1) is 0 Å². The van der Waals surface area contributed by atoms with Gasteiger partial charge in [-0.05, 0) is 24.8 Å². The van der Waals surface area contributed by atoms with Crippen LogP contribution in [0, 0.1) is 0 Å². The van der Waals surface area contributed by atoms with E-state index in [0.717, 1.165) is 51.4 Å². The number of aliphatic carboxylic acids is 1. The van der Waals surface area contributed by atoms with Crippen LogP contribution in [-0.4, -0.2) is 104 Å². The standard InChI is InChI=1S/C56H99N3O10/c1-3-5-7-9-11-13-15-17-19-21-23-25-27-29-31-36-43-59(50(62)41-35-30-28-26-24-22-20-18-16-14-12-10-8-6-4-2)55-56(68,53(66)52(65)48(45-60)69-55)58-54(67)47(44-46-38-33-32-34-39-46)57-49(61)40-37-42-51(63)64/h32-34,38-39,47-48,52-53,55,60,65-66,68H,3-31,35-37,40-45H2,1-2H3,(H,57,61)(H,58,67)(H,63,64)/t47-,48+,52+,53-,55+,56+/m0/s1. The van der Waals surface area contributed by atoms with Gasteiger partial charge in [0, 0.05) is 32.2 Å². The Balaban J connectivity index is 2.11. The smallest absolute Gasteiger partial charge is 0.303 e. The van der Waals surface area contributed by atoms with Gasteiger partial charge in [0.2, 0.25) is 23.4 Å². The molecule has 0 spiro atoms. The van der Waals surface area contributed by atoms with Gasteiger partial charge in [0.1, 0.15) is 24.4 Å². The molecule has 69 heavy (non-hydrogen) atoms. The van der Waals surface area contributed by atoms with E-state index in [2.05, 4.69) is 24.5 Å². The molecule has 0 aromatic heterocycles. The number of ether oxygens (including phenoxy) is 1. The van der Waals surface area contributed by atoms with Gasteiger partial charge in [-0.3, -0.25) is 19.2 Å². The van der Waals surface area contributed by atoms with Crippen molar-refractivity contribution in [1.29, 1.82) is 0 Å². The molecule has 2 rings (SSSR count). The first-order valence-electron chi connectivity index (χ1n) is 28.0. The first-order chi connectivity index (χ1) is 33.5. The summed E-state index contributed by atoms with van der Waals surface area (Å²) in [5.74, 6) is -2.89. The lowest BCUT2D eigenvalue weighted by atomic mass is 9.90. The van der Waals surface area contributed by atoms with Gasteiger partial charge in [-0.25, -0.2) is 0 Å². The number of carboxylic acids is 1.